The van der Waals surface area contributed by atoms with E-state index in [0.717, 1.165) is 37.8 Å². The Morgan fingerprint density at radius 3 is 2.95 bits per heavy atom. The average Bonchev–Trinajstić information content (AvgIpc) is 2.81. The van der Waals surface area contributed by atoms with Crippen LogP contribution in [0, 0.1) is 0 Å². The van der Waals surface area contributed by atoms with Crippen molar-refractivity contribution in [2.24, 2.45) is 5.73 Å². The number of nitrogens with zero attached hydrogens (tertiary/aromatic N) is 1. The number of fused-ring (bicyclic) bond motifs is 1. The Bertz CT molecular complexity index is 474. The molecular formula is C16H24N2O2. The molecule has 1 aliphatic rings. The SMILES string of the molecule is CCCCN(CC)C(=O)Oc1ccc2c(c1)C(N)CC2. The second-order valence-electron chi connectivity index (χ2n) is 5.31. The summed E-state index contributed by atoms with van der Waals surface area (Å²) < 4.78 is 5.47. The molecule has 1 amide bonds. The van der Waals surface area contributed by atoms with E-state index in [-0.39, 0.29) is 12.1 Å². The summed E-state index contributed by atoms with van der Waals surface area (Å²) in [6.45, 7) is 5.50. The number of carbonyl (C=O) groups is 1. The predicted octanol–water partition coefficient (Wildman–Crippen LogP) is 3.25. The number of aryl methyl sites for hydroxylation is 1. The molecule has 0 spiro atoms. The first-order valence-electron chi connectivity index (χ1n) is 7.50. The highest BCUT2D eigenvalue weighted by atomic mass is 16.6. The predicted molar refractivity (Wildman–Crippen MR) is 79.9 cm³/mol. The highest BCUT2D eigenvalue weighted by molar-refractivity contribution is 5.70. The Morgan fingerprint density at radius 1 is 1.45 bits per heavy atom. The second kappa shape index (κ2) is 6.75. The molecule has 1 atom stereocenters. The van der Waals surface area contributed by atoms with Gasteiger partial charge in [-0.3, -0.25) is 0 Å². The molecule has 2 N–H and O–H groups in total. The van der Waals surface area contributed by atoms with Gasteiger partial charge >= 0.3 is 6.09 Å². The minimum Gasteiger partial charge on any atom is -0.410 e. The van der Waals surface area contributed by atoms with Gasteiger partial charge in [0.2, 0.25) is 0 Å². The molecule has 2 rings (SSSR count). The number of rotatable bonds is 5. The number of unbranched alkanes of at least 4 members (excludes halogenated alkanes) is 1. The van der Waals surface area contributed by atoms with Crippen LogP contribution in [0.4, 0.5) is 4.79 Å². The van der Waals surface area contributed by atoms with Crippen LogP contribution >= 0.6 is 0 Å². The van der Waals surface area contributed by atoms with Crippen molar-refractivity contribution in [3.63, 3.8) is 0 Å². The molecule has 110 valence electrons. The normalized spacial score (nSPS) is 16.9. The smallest absolute Gasteiger partial charge is 0.410 e. The maximum Gasteiger partial charge on any atom is 0.415 e. The molecule has 1 aromatic rings. The van der Waals surface area contributed by atoms with Gasteiger partial charge in [-0.25, -0.2) is 4.79 Å². The minimum atomic E-state index is -0.271. The average molecular weight is 276 g/mol. The molecule has 0 fully saturated rings. The molecular weight excluding hydrogens is 252 g/mol. The molecule has 0 heterocycles. The quantitative estimate of drug-likeness (QED) is 0.898. The standard InChI is InChI=1S/C16H24N2O2/c1-3-5-10-18(4-2)16(19)20-13-8-6-12-7-9-15(17)14(12)11-13/h6,8,11,15H,3-5,7,9-10,17H2,1-2H3. The zero-order chi connectivity index (χ0) is 14.5. The minimum absolute atomic E-state index is 0.0750. The highest BCUT2D eigenvalue weighted by Gasteiger charge is 2.20. The van der Waals surface area contributed by atoms with Crippen LogP contribution in [0.25, 0.3) is 0 Å². The van der Waals surface area contributed by atoms with Gasteiger partial charge in [0.05, 0.1) is 0 Å². The van der Waals surface area contributed by atoms with E-state index in [4.69, 9.17) is 10.5 Å². The Kier molecular flexibility index (Phi) is 5.01. The van der Waals surface area contributed by atoms with E-state index >= 15 is 0 Å². The number of amides is 1. The molecule has 20 heavy (non-hydrogen) atoms. The summed E-state index contributed by atoms with van der Waals surface area (Å²) in [5, 5.41) is 0. The van der Waals surface area contributed by atoms with Crippen LogP contribution in [-0.2, 0) is 6.42 Å². The summed E-state index contributed by atoms with van der Waals surface area (Å²) in [5.41, 5.74) is 8.44. The van der Waals surface area contributed by atoms with Crippen LogP contribution in [-0.4, -0.2) is 24.1 Å². The van der Waals surface area contributed by atoms with E-state index in [1.165, 1.54) is 5.56 Å². The van der Waals surface area contributed by atoms with Gasteiger partial charge in [0, 0.05) is 19.1 Å². The summed E-state index contributed by atoms with van der Waals surface area (Å²) in [4.78, 5) is 13.8. The molecule has 0 radical (unpaired) electrons. The Labute approximate surface area is 120 Å². The van der Waals surface area contributed by atoms with E-state index in [2.05, 4.69) is 6.92 Å². The topological polar surface area (TPSA) is 55.6 Å². The van der Waals surface area contributed by atoms with Gasteiger partial charge in [0.15, 0.2) is 0 Å². The summed E-state index contributed by atoms with van der Waals surface area (Å²) in [6, 6.07) is 5.87. The van der Waals surface area contributed by atoms with Gasteiger partial charge in [-0.1, -0.05) is 19.4 Å². The lowest BCUT2D eigenvalue weighted by Crippen LogP contribution is -2.34. The van der Waals surface area contributed by atoms with Crippen molar-refractivity contribution in [3.05, 3.63) is 29.3 Å². The van der Waals surface area contributed by atoms with Gasteiger partial charge in [-0.05, 0) is 49.4 Å². The van der Waals surface area contributed by atoms with Gasteiger partial charge in [-0.2, -0.15) is 0 Å². The molecule has 0 bridgehead atoms. The van der Waals surface area contributed by atoms with Crippen LogP contribution in [0.5, 0.6) is 5.75 Å². The van der Waals surface area contributed by atoms with E-state index < -0.39 is 0 Å². The third-order valence-corrected chi connectivity index (χ3v) is 3.87. The Hall–Kier alpha value is -1.55. The van der Waals surface area contributed by atoms with Gasteiger partial charge < -0.3 is 15.4 Å². The monoisotopic (exact) mass is 276 g/mol. The molecule has 1 unspecified atom stereocenters. The number of hydrogen-bond donors (Lipinski definition) is 1. The van der Waals surface area contributed by atoms with E-state index in [1.807, 2.05) is 25.1 Å². The lowest BCUT2D eigenvalue weighted by atomic mass is 10.1. The van der Waals surface area contributed by atoms with Crippen LogP contribution in [0.3, 0.4) is 0 Å². The molecule has 0 aromatic heterocycles. The number of benzene rings is 1. The summed E-state index contributed by atoms with van der Waals surface area (Å²) in [7, 11) is 0. The Balaban J connectivity index is 2.02. The van der Waals surface area contributed by atoms with Crippen LogP contribution < -0.4 is 10.5 Å². The third-order valence-electron chi connectivity index (χ3n) is 3.87. The van der Waals surface area contributed by atoms with Crippen molar-refractivity contribution in [3.8, 4) is 5.75 Å². The number of hydrogen-bond acceptors (Lipinski definition) is 3. The third kappa shape index (κ3) is 3.31. The lowest BCUT2D eigenvalue weighted by Gasteiger charge is -2.20. The van der Waals surface area contributed by atoms with Crippen molar-refractivity contribution in [2.75, 3.05) is 13.1 Å². The number of nitrogens with two attached hydrogens (primary N) is 1. The van der Waals surface area contributed by atoms with Gasteiger partial charge in [-0.15, -0.1) is 0 Å². The van der Waals surface area contributed by atoms with E-state index in [1.54, 1.807) is 4.90 Å². The van der Waals surface area contributed by atoms with E-state index in [0.29, 0.717) is 12.3 Å². The zero-order valence-corrected chi connectivity index (χ0v) is 12.4. The van der Waals surface area contributed by atoms with Crippen molar-refractivity contribution < 1.29 is 9.53 Å². The van der Waals surface area contributed by atoms with Crippen LogP contribution in [0.1, 0.15) is 50.3 Å². The molecule has 0 aliphatic heterocycles. The van der Waals surface area contributed by atoms with E-state index in [9.17, 15) is 4.79 Å². The van der Waals surface area contributed by atoms with Crippen LogP contribution in [0.15, 0.2) is 18.2 Å². The molecule has 1 aliphatic carbocycles. The maximum atomic E-state index is 12.1. The van der Waals surface area contributed by atoms with Crippen molar-refractivity contribution in [1.82, 2.24) is 4.90 Å². The fourth-order valence-corrected chi connectivity index (χ4v) is 2.57. The highest BCUT2D eigenvalue weighted by Crippen LogP contribution is 2.32. The van der Waals surface area contributed by atoms with Crippen LogP contribution in [0.2, 0.25) is 0 Å². The Morgan fingerprint density at radius 2 is 2.25 bits per heavy atom. The largest absolute Gasteiger partial charge is 0.415 e. The fraction of sp³-hybridized carbons (Fsp3) is 0.562. The second-order valence-corrected chi connectivity index (χ2v) is 5.31. The fourth-order valence-electron chi connectivity index (χ4n) is 2.57. The van der Waals surface area contributed by atoms with Crippen molar-refractivity contribution >= 4 is 6.09 Å². The first-order chi connectivity index (χ1) is 9.65. The first kappa shape index (κ1) is 14.9. The number of ether oxygens (including phenoxy) is 1. The van der Waals surface area contributed by atoms with Gasteiger partial charge in [0.1, 0.15) is 5.75 Å². The zero-order valence-electron chi connectivity index (χ0n) is 12.4. The maximum absolute atomic E-state index is 12.1. The molecule has 1 aromatic carbocycles. The van der Waals surface area contributed by atoms with Crippen molar-refractivity contribution in [2.45, 2.75) is 45.6 Å². The summed E-state index contributed by atoms with van der Waals surface area (Å²) in [6.07, 6.45) is 3.79. The molecule has 0 saturated carbocycles. The summed E-state index contributed by atoms with van der Waals surface area (Å²) in [5.74, 6) is 0.598. The molecule has 0 saturated heterocycles. The lowest BCUT2D eigenvalue weighted by molar-refractivity contribution is 0.154. The molecule has 4 heteroatoms. The van der Waals surface area contributed by atoms with Gasteiger partial charge in [0.25, 0.3) is 0 Å². The molecule has 4 nitrogen and oxygen atoms in total. The summed E-state index contributed by atoms with van der Waals surface area (Å²) >= 11 is 0. The first-order valence-corrected chi connectivity index (χ1v) is 7.50. The van der Waals surface area contributed by atoms with Crippen molar-refractivity contribution in [1.29, 1.82) is 0 Å². The number of carbonyl (C=O) groups excluding carboxylic acids is 1.